The van der Waals surface area contributed by atoms with E-state index < -0.39 is 0 Å². The van der Waals surface area contributed by atoms with E-state index in [9.17, 15) is 0 Å². The SMILES string of the molecule is COc1ccc(N)cc1N1CCNCCNCCNCC1. The molecule has 0 aliphatic carbocycles. The lowest BCUT2D eigenvalue weighted by atomic mass is 10.2. The van der Waals surface area contributed by atoms with Crippen molar-refractivity contribution in [2.45, 2.75) is 0 Å². The standard InChI is InChI=1S/C15H27N5O/c1-21-15-3-2-13(16)12-14(15)20-10-8-18-6-4-17-5-7-19-9-11-20/h2-3,12,17-19H,4-11,16H2,1H3. The molecule has 6 heteroatoms. The number of rotatable bonds is 2. The van der Waals surface area contributed by atoms with Crippen molar-refractivity contribution in [3.05, 3.63) is 18.2 Å². The van der Waals surface area contributed by atoms with Crippen LogP contribution in [0.2, 0.25) is 0 Å². The van der Waals surface area contributed by atoms with Crippen LogP contribution < -0.4 is 31.3 Å². The van der Waals surface area contributed by atoms with Crippen molar-refractivity contribution in [3.8, 4) is 5.75 Å². The third kappa shape index (κ3) is 5.08. The lowest BCUT2D eigenvalue weighted by Gasteiger charge is -2.27. The van der Waals surface area contributed by atoms with Crippen LogP contribution in [0.25, 0.3) is 0 Å². The highest BCUT2D eigenvalue weighted by Crippen LogP contribution is 2.29. The number of nitrogens with one attached hydrogen (secondary N) is 3. The fourth-order valence-electron chi connectivity index (χ4n) is 2.46. The van der Waals surface area contributed by atoms with E-state index in [1.165, 1.54) is 0 Å². The summed E-state index contributed by atoms with van der Waals surface area (Å²) in [5.74, 6) is 0.873. The molecular weight excluding hydrogens is 266 g/mol. The first kappa shape index (κ1) is 15.9. The van der Waals surface area contributed by atoms with Crippen LogP contribution in [0.15, 0.2) is 18.2 Å². The van der Waals surface area contributed by atoms with E-state index in [-0.39, 0.29) is 0 Å². The van der Waals surface area contributed by atoms with Crippen molar-refractivity contribution in [2.24, 2.45) is 0 Å². The van der Waals surface area contributed by atoms with Gasteiger partial charge in [-0.15, -0.1) is 0 Å². The first-order valence-electron chi connectivity index (χ1n) is 7.62. The molecule has 1 saturated heterocycles. The summed E-state index contributed by atoms with van der Waals surface area (Å²) in [6.07, 6.45) is 0. The first-order valence-corrected chi connectivity index (χ1v) is 7.62. The summed E-state index contributed by atoms with van der Waals surface area (Å²) in [5, 5.41) is 10.3. The van der Waals surface area contributed by atoms with Gasteiger partial charge in [-0.25, -0.2) is 0 Å². The summed E-state index contributed by atoms with van der Waals surface area (Å²) in [5.41, 5.74) is 7.77. The zero-order valence-electron chi connectivity index (χ0n) is 12.8. The average Bonchev–Trinajstić information content (AvgIpc) is 2.48. The van der Waals surface area contributed by atoms with Crippen molar-refractivity contribution >= 4 is 11.4 Å². The minimum atomic E-state index is 0.766. The summed E-state index contributed by atoms with van der Waals surface area (Å²) in [6.45, 7) is 7.73. The maximum Gasteiger partial charge on any atom is 0.142 e. The van der Waals surface area contributed by atoms with Gasteiger partial charge in [0.2, 0.25) is 0 Å². The van der Waals surface area contributed by atoms with Crippen molar-refractivity contribution in [2.75, 3.05) is 70.1 Å². The van der Waals surface area contributed by atoms with E-state index in [0.29, 0.717) is 0 Å². The van der Waals surface area contributed by atoms with Crippen molar-refractivity contribution in [3.63, 3.8) is 0 Å². The Labute approximate surface area is 127 Å². The molecule has 6 nitrogen and oxygen atoms in total. The summed E-state index contributed by atoms with van der Waals surface area (Å²) in [6, 6.07) is 5.80. The lowest BCUT2D eigenvalue weighted by molar-refractivity contribution is 0.414. The number of ether oxygens (including phenoxy) is 1. The number of nitrogens with zero attached hydrogens (tertiary/aromatic N) is 1. The Morgan fingerprint density at radius 1 is 0.952 bits per heavy atom. The van der Waals surface area contributed by atoms with Gasteiger partial charge in [0.15, 0.2) is 0 Å². The molecule has 0 bridgehead atoms. The van der Waals surface area contributed by atoms with Crippen LogP contribution in [0.1, 0.15) is 0 Å². The molecule has 0 unspecified atom stereocenters. The monoisotopic (exact) mass is 293 g/mol. The second-order valence-corrected chi connectivity index (χ2v) is 5.17. The molecule has 0 amide bonds. The molecule has 118 valence electrons. The molecule has 0 atom stereocenters. The van der Waals surface area contributed by atoms with Crippen LogP contribution in [0.5, 0.6) is 5.75 Å². The molecule has 1 aromatic rings. The first-order chi connectivity index (χ1) is 10.3. The molecule has 5 N–H and O–H groups in total. The summed E-state index contributed by atoms with van der Waals surface area (Å²) >= 11 is 0. The van der Waals surface area contributed by atoms with Crippen molar-refractivity contribution < 1.29 is 4.74 Å². The Hall–Kier alpha value is -1.50. The van der Waals surface area contributed by atoms with Crippen LogP contribution in [0.4, 0.5) is 11.4 Å². The second-order valence-electron chi connectivity index (χ2n) is 5.17. The summed E-state index contributed by atoms with van der Waals surface area (Å²) in [7, 11) is 1.70. The van der Waals surface area contributed by atoms with Gasteiger partial charge in [-0.2, -0.15) is 0 Å². The van der Waals surface area contributed by atoms with Crippen molar-refractivity contribution in [1.82, 2.24) is 16.0 Å². The number of benzene rings is 1. The van der Waals surface area contributed by atoms with Gasteiger partial charge in [0.05, 0.1) is 12.8 Å². The van der Waals surface area contributed by atoms with Crippen LogP contribution in [-0.4, -0.2) is 59.5 Å². The largest absolute Gasteiger partial charge is 0.495 e. The molecule has 21 heavy (non-hydrogen) atoms. The minimum absolute atomic E-state index is 0.766. The van der Waals surface area contributed by atoms with Crippen LogP contribution in [-0.2, 0) is 0 Å². The van der Waals surface area contributed by atoms with Gasteiger partial charge < -0.3 is 31.3 Å². The highest BCUT2D eigenvalue weighted by atomic mass is 16.5. The van der Waals surface area contributed by atoms with Gasteiger partial charge in [0.25, 0.3) is 0 Å². The Morgan fingerprint density at radius 3 is 2.10 bits per heavy atom. The third-order valence-corrected chi connectivity index (χ3v) is 3.62. The van der Waals surface area contributed by atoms with Crippen molar-refractivity contribution in [1.29, 1.82) is 0 Å². The van der Waals surface area contributed by atoms with Gasteiger partial charge in [0.1, 0.15) is 5.75 Å². The number of hydrogen-bond acceptors (Lipinski definition) is 6. The molecule has 0 spiro atoms. The van der Waals surface area contributed by atoms with E-state index in [0.717, 1.165) is 69.5 Å². The number of nitrogen functional groups attached to an aromatic ring is 1. The van der Waals surface area contributed by atoms with E-state index in [1.807, 2.05) is 18.2 Å². The second kappa shape index (κ2) is 8.71. The molecule has 1 aliphatic rings. The zero-order valence-corrected chi connectivity index (χ0v) is 12.8. The Kier molecular flexibility index (Phi) is 6.59. The van der Waals surface area contributed by atoms with Gasteiger partial charge in [0, 0.05) is 58.0 Å². The molecular formula is C15H27N5O. The van der Waals surface area contributed by atoms with Gasteiger partial charge in [-0.05, 0) is 18.2 Å². The molecule has 0 radical (unpaired) electrons. The fraction of sp³-hybridized carbons (Fsp3) is 0.600. The Balaban J connectivity index is 2.07. The molecule has 1 aliphatic heterocycles. The summed E-state index contributed by atoms with van der Waals surface area (Å²) in [4.78, 5) is 2.32. The number of nitrogens with two attached hydrogens (primary N) is 1. The van der Waals surface area contributed by atoms with E-state index in [4.69, 9.17) is 10.5 Å². The number of methoxy groups -OCH3 is 1. The topological polar surface area (TPSA) is 74.6 Å². The minimum Gasteiger partial charge on any atom is -0.495 e. The van der Waals surface area contributed by atoms with E-state index >= 15 is 0 Å². The quantitative estimate of drug-likeness (QED) is 0.569. The molecule has 1 heterocycles. The molecule has 0 aromatic heterocycles. The lowest BCUT2D eigenvalue weighted by Crippen LogP contribution is -2.42. The predicted octanol–water partition coefficient (Wildman–Crippen LogP) is -0.134. The van der Waals surface area contributed by atoms with Gasteiger partial charge in [-0.3, -0.25) is 0 Å². The average molecular weight is 293 g/mol. The third-order valence-electron chi connectivity index (χ3n) is 3.62. The van der Waals surface area contributed by atoms with Gasteiger partial charge in [-0.1, -0.05) is 0 Å². The van der Waals surface area contributed by atoms with E-state index in [1.54, 1.807) is 7.11 Å². The number of hydrogen-bond donors (Lipinski definition) is 4. The van der Waals surface area contributed by atoms with Crippen LogP contribution >= 0.6 is 0 Å². The number of anilines is 2. The highest BCUT2D eigenvalue weighted by molar-refractivity contribution is 5.65. The van der Waals surface area contributed by atoms with Gasteiger partial charge >= 0.3 is 0 Å². The molecule has 2 rings (SSSR count). The Bertz CT molecular complexity index is 415. The molecule has 0 saturated carbocycles. The molecule has 1 aromatic carbocycles. The maximum atomic E-state index is 5.94. The Morgan fingerprint density at radius 2 is 1.52 bits per heavy atom. The predicted molar refractivity (Wildman–Crippen MR) is 88.2 cm³/mol. The van der Waals surface area contributed by atoms with E-state index in [2.05, 4.69) is 20.9 Å². The normalized spacial score (nSPS) is 18.6. The maximum absolute atomic E-state index is 5.94. The fourth-order valence-corrected chi connectivity index (χ4v) is 2.46. The van der Waals surface area contributed by atoms with Crippen LogP contribution in [0, 0.1) is 0 Å². The highest BCUT2D eigenvalue weighted by Gasteiger charge is 2.12. The zero-order chi connectivity index (χ0) is 14.9. The van der Waals surface area contributed by atoms with Crippen LogP contribution in [0.3, 0.4) is 0 Å². The summed E-state index contributed by atoms with van der Waals surface area (Å²) < 4.78 is 5.48. The smallest absolute Gasteiger partial charge is 0.142 e. The molecule has 1 fully saturated rings.